The first-order valence-corrected chi connectivity index (χ1v) is 29.0. The van der Waals surface area contributed by atoms with Crippen LogP contribution in [0.3, 0.4) is 0 Å². The lowest BCUT2D eigenvalue weighted by Gasteiger charge is -2.34. The van der Waals surface area contributed by atoms with Crippen molar-refractivity contribution in [2.24, 2.45) is 11.8 Å². The maximum atomic E-state index is 12.9. The Morgan fingerprint density at radius 1 is 0.477 bits per heavy atom. The molecule has 1 N–H and O–H groups in total. The lowest BCUT2D eigenvalue weighted by molar-refractivity contribution is -0.146. The summed E-state index contributed by atoms with van der Waals surface area (Å²) in [4.78, 5) is 30.8. The number of carbonyl (C=O) groups is 2. The average Bonchev–Trinajstić information content (AvgIpc) is 3.32. The minimum atomic E-state index is -0.0200. The molecule has 0 heterocycles. The lowest BCUT2D eigenvalue weighted by Crippen LogP contribution is -2.43. The Bertz CT molecular complexity index is 1020. The minimum Gasteiger partial charge on any atom is -0.465 e. The number of rotatable bonds is 50. The summed E-state index contributed by atoms with van der Waals surface area (Å²) < 4.78 is 11.8. The monoisotopic (exact) mass is 917 g/mol. The van der Waals surface area contributed by atoms with Crippen molar-refractivity contribution in [3.05, 3.63) is 12.2 Å². The highest BCUT2D eigenvalue weighted by Gasteiger charge is 2.20. The van der Waals surface area contributed by atoms with Crippen LogP contribution >= 0.6 is 0 Å². The second kappa shape index (κ2) is 47.6. The molecule has 1 atom stereocenters. The predicted molar refractivity (Wildman–Crippen MR) is 280 cm³/mol. The molecule has 1 aliphatic carbocycles. The standard InChI is InChI=1S/C58H112N2O5/c1-5-9-13-17-21-28-38-54(39-29-22-18-14-10-6-2)52-64-57(62)44-34-26-36-46-59(50-51-61)48-49-60(56-42-32-25-33-43-56)47-37-27-35-45-58(63)65-53-55(40-30-23-19-15-11-7-3)41-31-24-20-16-12-8-4/h25,32,54-56,61H,5-24,26-31,33-53H2,1-4H3. The van der Waals surface area contributed by atoms with Gasteiger partial charge in [-0.1, -0.05) is 207 Å². The fourth-order valence-electron chi connectivity index (χ4n) is 9.92. The quantitative estimate of drug-likeness (QED) is 0.0370. The normalized spacial score (nSPS) is 14.1. The molecule has 0 aliphatic heterocycles. The molecule has 0 aromatic heterocycles. The Balaban J connectivity index is 2.46. The summed E-state index contributed by atoms with van der Waals surface area (Å²) in [7, 11) is 0. The summed E-state index contributed by atoms with van der Waals surface area (Å²) in [5, 5.41) is 9.93. The zero-order valence-corrected chi connectivity index (χ0v) is 44.1. The van der Waals surface area contributed by atoms with E-state index in [1.165, 1.54) is 186 Å². The molecule has 0 saturated carbocycles. The van der Waals surface area contributed by atoms with E-state index in [1.54, 1.807) is 0 Å². The molecule has 0 spiro atoms. The van der Waals surface area contributed by atoms with Crippen LogP contribution in [-0.2, 0) is 19.1 Å². The van der Waals surface area contributed by atoms with Crippen LogP contribution in [0.5, 0.6) is 0 Å². The van der Waals surface area contributed by atoms with Crippen LogP contribution in [0.25, 0.3) is 0 Å². The maximum Gasteiger partial charge on any atom is 0.305 e. The molecule has 1 rings (SSSR count). The van der Waals surface area contributed by atoms with E-state index in [2.05, 4.69) is 49.6 Å². The Labute approximate surface area is 405 Å². The van der Waals surface area contributed by atoms with Gasteiger partial charge in [0.25, 0.3) is 0 Å². The van der Waals surface area contributed by atoms with E-state index in [-0.39, 0.29) is 18.5 Å². The van der Waals surface area contributed by atoms with Crippen molar-refractivity contribution in [2.45, 2.75) is 284 Å². The smallest absolute Gasteiger partial charge is 0.305 e. The van der Waals surface area contributed by atoms with Crippen molar-refractivity contribution in [3.63, 3.8) is 0 Å². The van der Waals surface area contributed by atoms with Gasteiger partial charge < -0.3 is 14.6 Å². The predicted octanol–water partition coefficient (Wildman–Crippen LogP) is 16.1. The topological polar surface area (TPSA) is 79.3 Å². The summed E-state index contributed by atoms with van der Waals surface area (Å²) in [5.74, 6) is 1.01. The molecule has 7 nitrogen and oxygen atoms in total. The first-order valence-electron chi connectivity index (χ1n) is 29.0. The zero-order valence-electron chi connectivity index (χ0n) is 44.1. The second-order valence-corrected chi connectivity index (χ2v) is 20.5. The first kappa shape index (κ1) is 61.6. The number of allylic oxidation sites excluding steroid dienone is 1. The average molecular weight is 918 g/mol. The van der Waals surface area contributed by atoms with Gasteiger partial charge in [0.05, 0.1) is 19.8 Å². The molecule has 0 amide bonds. The van der Waals surface area contributed by atoms with Crippen molar-refractivity contribution < 1.29 is 24.2 Å². The van der Waals surface area contributed by atoms with Crippen molar-refractivity contribution in [3.8, 4) is 0 Å². The molecule has 0 fully saturated rings. The summed E-state index contributed by atoms with van der Waals surface area (Å²) in [6, 6.07) is 0.568. The highest BCUT2D eigenvalue weighted by Crippen LogP contribution is 2.23. The number of aliphatic hydroxyl groups is 1. The molecular formula is C58H112N2O5. The largest absolute Gasteiger partial charge is 0.465 e. The third-order valence-corrected chi connectivity index (χ3v) is 14.4. The van der Waals surface area contributed by atoms with E-state index in [0.717, 1.165) is 77.5 Å². The molecule has 0 radical (unpaired) electrons. The van der Waals surface area contributed by atoms with Crippen molar-refractivity contribution in [1.29, 1.82) is 0 Å². The van der Waals surface area contributed by atoms with Crippen LogP contribution in [0.1, 0.15) is 278 Å². The Kier molecular flexibility index (Phi) is 45.1. The van der Waals surface area contributed by atoms with Gasteiger partial charge in [0.15, 0.2) is 0 Å². The second-order valence-electron chi connectivity index (χ2n) is 20.5. The number of ether oxygens (including phenoxy) is 2. The van der Waals surface area contributed by atoms with Crippen LogP contribution in [0.2, 0.25) is 0 Å². The zero-order chi connectivity index (χ0) is 47.1. The van der Waals surface area contributed by atoms with Gasteiger partial charge in [0.2, 0.25) is 0 Å². The van der Waals surface area contributed by atoms with Crippen molar-refractivity contribution in [2.75, 3.05) is 52.5 Å². The summed E-state index contributed by atoms with van der Waals surface area (Å²) in [6.07, 6.45) is 51.6. The van der Waals surface area contributed by atoms with Crippen LogP contribution < -0.4 is 0 Å². The maximum absolute atomic E-state index is 12.9. The van der Waals surface area contributed by atoms with E-state index in [0.29, 0.717) is 50.5 Å². The number of carbonyl (C=O) groups excluding carboxylic acids is 2. The Morgan fingerprint density at radius 3 is 1.28 bits per heavy atom. The van der Waals surface area contributed by atoms with Gasteiger partial charge >= 0.3 is 11.9 Å². The number of esters is 2. The molecule has 0 aromatic carbocycles. The van der Waals surface area contributed by atoms with Crippen LogP contribution in [0, 0.1) is 11.8 Å². The number of aliphatic hydroxyl groups excluding tert-OH is 1. The Hall–Kier alpha value is -1.44. The van der Waals surface area contributed by atoms with Gasteiger partial charge in [-0.3, -0.25) is 19.4 Å². The van der Waals surface area contributed by atoms with Crippen LogP contribution in [-0.4, -0.2) is 85.4 Å². The van der Waals surface area contributed by atoms with E-state index in [1.807, 2.05) is 0 Å². The molecule has 1 unspecified atom stereocenters. The minimum absolute atomic E-state index is 0.00190. The van der Waals surface area contributed by atoms with E-state index >= 15 is 0 Å². The molecule has 384 valence electrons. The Morgan fingerprint density at radius 2 is 0.877 bits per heavy atom. The number of hydrogen-bond donors (Lipinski definition) is 1. The van der Waals surface area contributed by atoms with Gasteiger partial charge in [-0.15, -0.1) is 0 Å². The van der Waals surface area contributed by atoms with Crippen LogP contribution in [0.4, 0.5) is 0 Å². The van der Waals surface area contributed by atoms with Gasteiger partial charge in [-0.2, -0.15) is 0 Å². The molecule has 1 aliphatic rings. The highest BCUT2D eigenvalue weighted by molar-refractivity contribution is 5.69. The van der Waals surface area contributed by atoms with Crippen LogP contribution in [0.15, 0.2) is 12.2 Å². The van der Waals surface area contributed by atoms with Gasteiger partial charge in [0, 0.05) is 38.5 Å². The van der Waals surface area contributed by atoms with E-state index in [9.17, 15) is 14.7 Å². The summed E-state index contributed by atoms with van der Waals surface area (Å²) in [6.45, 7) is 15.2. The molecular weight excluding hydrogens is 805 g/mol. The number of hydrogen-bond acceptors (Lipinski definition) is 7. The molecule has 0 saturated heterocycles. The van der Waals surface area contributed by atoms with Gasteiger partial charge in [0.1, 0.15) is 0 Å². The molecule has 7 heteroatoms. The molecule has 0 bridgehead atoms. The highest BCUT2D eigenvalue weighted by atomic mass is 16.5. The molecule has 65 heavy (non-hydrogen) atoms. The molecule has 0 aromatic rings. The number of unbranched alkanes of at least 4 members (excludes halogenated alkanes) is 24. The first-order chi connectivity index (χ1) is 32.0. The number of nitrogens with zero attached hydrogens (tertiary/aromatic N) is 2. The van der Waals surface area contributed by atoms with E-state index < -0.39 is 0 Å². The third kappa shape index (κ3) is 39.1. The van der Waals surface area contributed by atoms with Gasteiger partial charge in [-0.05, 0) is 95.6 Å². The SMILES string of the molecule is CCCCCCCCC(CCCCCCCC)COC(=O)CCCCCN(CCO)CCN(CCCCCC(=O)OCC(CCCCCCCC)CCCCCCCC)C1CC=CCC1. The van der Waals surface area contributed by atoms with Crippen molar-refractivity contribution in [1.82, 2.24) is 9.80 Å². The summed E-state index contributed by atoms with van der Waals surface area (Å²) in [5.41, 5.74) is 0. The third-order valence-electron chi connectivity index (χ3n) is 14.4. The summed E-state index contributed by atoms with van der Waals surface area (Å²) >= 11 is 0. The fraction of sp³-hybridized carbons (Fsp3) is 0.931. The van der Waals surface area contributed by atoms with Crippen molar-refractivity contribution >= 4 is 11.9 Å². The lowest BCUT2D eigenvalue weighted by atomic mass is 9.94. The fourth-order valence-corrected chi connectivity index (χ4v) is 9.92. The van der Waals surface area contributed by atoms with E-state index in [4.69, 9.17) is 9.47 Å². The van der Waals surface area contributed by atoms with Gasteiger partial charge in [-0.25, -0.2) is 0 Å².